The first-order chi connectivity index (χ1) is 15.1. The van der Waals surface area contributed by atoms with Crippen molar-refractivity contribution in [3.05, 3.63) is 105 Å². The minimum atomic E-state index is -4.66. The maximum Gasteiger partial charge on any atom is 0.416 e. The van der Waals surface area contributed by atoms with Crippen LogP contribution in [0.15, 0.2) is 59.5 Å². The van der Waals surface area contributed by atoms with Gasteiger partial charge in [0.2, 0.25) is 0 Å². The molecule has 1 N–H and O–H groups in total. The zero-order valence-electron chi connectivity index (χ0n) is 17.0. The Bertz CT molecular complexity index is 1180. The SMILES string of the molecule is Cn1ccc(C(F)(F)F)c(Cc2cccc(CCNC(=O)c3c(F)cccc3F)c2)c1=O. The van der Waals surface area contributed by atoms with Crippen LogP contribution >= 0.6 is 0 Å². The maximum absolute atomic E-state index is 13.7. The third kappa shape index (κ3) is 5.22. The van der Waals surface area contributed by atoms with Crippen LogP contribution in [0.25, 0.3) is 0 Å². The number of nitrogens with one attached hydrogen (secondary N) is 1. The first-order valence-electron chi connectivity index (χ1n) is 9.63. The summed E-state index contributed by atoms with van der Waals surface area (Å²) < 4.78 is 68.5. The maximum atomic E-state index is 13.7. The fraction of sp³-hybridized carbons (Fsp3) is 0.217. The van der Waals surface area contributed by atoms with E-state index in [0.29, 0.717) is 11.1 Å². The van der Waals surface area contributed by atoms with Crippen molar-refractivity contribution in [2.45, 2.75) is 19.0 Å². The lowest BCUT2D eigenvalue weighted by molar-refractivity contribution is -0.138. The van der Waals surface area contributed by atoms with Crippen LogP contribution in [0.4, 0.5) is 22.0 Å². The summed E-state index contributed by atoms with van der Waals surface area (Å²) in [6, 6.07) is 10.5. The smallest absolute Gasteiger partial charge is 0.352 e. The van der Waals surface area contributed by atoms with Gasteiger partial charge in [0, 0.05) is 31.8 Å². The van der Waals surface area contributed by atoms with Crippen LogP contribution in [-0.2, 0) is 26.1 Å². The second kappa shape index (κ2) is 9.33. The number of aryl methyl sites for hydroxylation is 1. The van der Waals surface area contributed by atoms with Crippen molar-refractivity contribution in [1.82, 2.24) is 9.88 Å². The number of carbonyl (C=O) groups is 1. The Morgan fingerprint density at radius 1 is 1.00 bits per heavy atom. The van der Waals surface area contributed by atoms with Gasteiger partial charge < -0.3 is 9.88 Å². The number of hydrogen-bond donors (Lipinski definition) is 1. The summed E-state index contributed by atoms with van der Waals surface area (Å²) >= 11 is 0. The van der Waals surface area contributed by atoms with Gasteiger partial charge in [0.25, 0.3) is 11.5 Å². The number of alkyl halides is 3. The van der Waals surface area contributed by atoms with Gasteiger partial charge in [0.05, 0.1) is 5.56 Å². The molecule has 0 saturated carbocycles. The number of carbonyl (C=O) groups excluding carboxylic acids is 1. The van der Waals surface area contributed by atoms with Crippen molar-refractivity contribution in [1.29, 1.82) is 0 Å². The van der Waals surface area contributed by atoms with E-state index >= 15 is 0 Å². The van der Waals surface area contributed by atoms with Crippen LogP contribution in [-0.4, -0.2) is 17.0 Å². The first-order valence-corrected chi connectivity index (χ1v) is 9.63. The Morgan fingerprint density at radius 3 is 2.28 bits per heavy atom. The highest BCUT2D eigenvalue weighted by Gasteiger charge is 2.34. The molecular weight excluding hydrogens is 431 g/mol. The van der Waals surface area contributed by atoms with E-state index in [4.69, 9.17) is 0 Å². The minimum Gasteiger partial charge on any atom is -0.352 e. The van der Waals surface area contributed by atoms with Gasteiger partial charge in [0.15, 0.2) is 0 Å². The van der Waals surface area contributed by atoms with Crippen molar-refractivity contribution in [3.8, 4) is 0 Å². The van der Waals surface area contributed by atoms with Gasteiger partial charge >= 0.3 is 6.18 Å². The summed E-state index contributed by atoms with van der Waals surface area (Å²) in [4.78, 5) is 24.4. The number of amides is 1. The number of aromatic nitrogens is 1. The Balaban J connectivity index is 1.73. The molecule has 0 bridgehead atoms. The quantitative estimate of drug-likeness (QED) is 0.571. The van der Waals surface area contributed by atoms with Gasteiger partial charge in [0.1, 0.15) is 17.2 Å². The van der Waals surface area contributed by atoms with Gasteiger partial charge in [-0.25, -0.2) is 8.78 Å². The van der Waals surface area contributed by atoms with Gasteiger partial charge in [-0.05, 0) is 35.7 Å². The topological polar surface area (TPSA) is 51.1 Å². The standard InChI is InChI=1S/C23H19F5N2O2/c1-30-11-9-17(23(26,27)28)16(22(30)32)13-15-5-2-4-14(12-15)8-10-29-21(31)20-18(24)6-3-7-19(20)25/h2-7,9,11-12H,8,10,13H2,1H3,(H,29,31). The van der Waals surface area contributed by atoms with E-state index in [-0.39, 0.29) is 24.9 Å². The molecule has 0 unspecified atom stereocenters. The number of hydrogen-bond acceptors (Lipinski definition) is 2. The van der Waals surface area contributed by atoms with Crippen LogP contribution in [0.1, 0.15) is 32.6 Å². The summed E-state index contributed by atoms with van der Waals surface area (Å²) in [6.45, 7) is 0.0525. The number of halogens is 5. The second-order valence-electron chi connectivity index (χ2n) is 7.22. The molecule has 1 aromatic heterocycles. The molecule has 0 radical (unpaired) electrons. The average Bonchev–Trinajstić information content (AvgIpc) is 2.71. The summed E-state index contributed by atoms with van der Waals surface area (Å²) in [5.41, 5.74) is -1.58. The predicted molar refractivity (Wildman–Crippen MR) is 108 cm³/mol. The highest BCUT2D eigenvalue weighted by molar-refractivity contribution is 5.94. The van der Waals surface area contributed by atoms with Crippen molar-refractivity contribution in [2.24, 2.45) is 7.05 Å². The van der Waals surface area contributed by atoms with Gasteiger partial charge in [-0.3, -0.25) is 9.59 Å². The van der Waals surface area contributed by atoms with E-state index in [1.54, 1.807) is 24.3 Å². The predicted octanol–water partition coefficient (Wildman–Crippen LogP) is 4.25. The molecule has 0 aliphatic rings. The molecule has 1 heterocycles. The Hall–Kier alpha value is -3.49. The molecule has 3 aromatic rings. The summed E-state index contributed by atoms with van der Waals surface area (Å²) in [5, 5.41) is 2.42. The average molecular weight is 450 g/mol. The van der Waals surface area contributed by atoms with E-state index in [0.717, 1.165) is 35.0 Å². The van der Waals surface area contributed by atoms with Gasteiger partial charge in [-0.15, -0.1) is 0 Å². The molecule has 0 saturated heterocycles. The summed E-state index contributed by atoms with van der Waals surface area (Å²) in [6.07, 6.45) is -3.53. The van der Waals surface area contributed by atoms with E-state index < -0.39 is 40.4 Å². The fourth-order valence-electron chi connectivity index (χ4n) is 3.34. The molecule has 0 aliphatic heterocycles. The highest BCUT2D eigenvalue weighted by Crippen LogP contribution is 2.31. The number of benzene rings is 2. The highest BCUT2D eigenvalue weighted by atomic mass is 19.4. The molecule has 4 nitrogen and oxygen atoms in total. The molecule has 0 fully saturated rings. The molecule has 0 spiro atoms. The third-order valence-corrected chi connectivity index (χ3v) is 4.94. The van der Waals surface area contributed by atoms with Gasteiger partial charge in [-0.2, -0.15) is 13.2 Å². The van der Waals surface area contributed by atoms with Gasteiger partial charge in [-0.1, -0.05) is 30.3 Å². The number of pyridine rings is 1. The van der Waals surface area contributed by atoms with E-state index in [9.17, 15) is 31.5 Å². The molecule has 3 rings (SSSR count). The number of nitrogens with zero attached hydrogens (tertiary/aromatic N) is 1. The van der Waals surface area contributed by atoms with Crippen LogP contribution in [0.5, 0.6) is 0 Å². The van der Waals surface area contributed by atoms with E-state index in [1.807, 2.05) is 0 Å². The van der Waals surface area contributed by atoms with E-state index in [2.05, 4.69) is 5.32 Å². The molecular formula is C23H19F5N2O2. The third-order valence-electron chi connectivity index (χ3n) is 4.94. The Labute approximate surface area is 180 Å². The Morgan fingerprint density at radius 2 is 1.62 bits per heavy atom. The van der Waals surface area contributed by atoms with Crippen molar-refractivity contribution >= 4 is 5.91 Å². The summed E-state index contributed by atoms with van der Waals surface area (Å²) in [5.74, 6) is -2.86. The fourth-order valence-corrected chi connectivity index (χ4v) is 3.34. The second-order valence-corrected chi connectivity index (χ2v) is 7.22. The lowest BCUT2D eigenvalue weighted by atomic mass is 9.99. The van der Waals surface area contributed by atoms with E-state index in [1.165, 1.54) is 7.05 Å². The molecule has 9 heteroatoms. The molecule has 32 heavy (non-hydrogen) atoms. The van der Waals surface area contributed by atoms with Crippen LogP contribution in [0.2, 0.25) is 0 Å². The van der Waals surface area contributed by atoms with Crippen LogP contribution < -0.4 is 10.9 Å². The number of rotatable bonds is 6. The van der Waals surface area contributed by atoms with Crippen molar-refractivity contribution < 1.29 is 26.7 Å². The largest absolute Gasteiger partial charge is 0.416 e. The molecule has 0 atom stereocenters. The molecule has 0 aliphatic carbocycles. The lowest BCUT2D eigenvalue weighted by Crippen LogP contribution is -2.27. The molecule has 168 valence electrons. The zero-order valence-corrected chi connectivity index (χ0v) is 17.0. The molecule has 2 aromatic carbocycles. The first kappa shape index (κ1) is 23.2. The minimum absolute atomic E-state index is 0.0525. The lowest BCUT2D eigenvalue weighted by Gasteiger charge is -2.14. The van der Waals surface area contributed by atoms with Crippen molar-refractivity contribution in [2.75, 3.05) is 6.54 Å². The molecule has 1 amide bonds. The summed E-state index contributed by atoms with van der Waals surface area (Å²) in [7, 11) is 1.38. The van der Waals surface area contributed by atoms with Crippen LogP contribution in [0, 0.1) is 11.6 Å². The monoisotopic (exact) mass is 450 g/mol. The normalized spacial score (nSPS) is 11.4. The van der Waals surface area contributed by atoms with Crippen molar-refractivity contribution in [3.63, 3.8) is 0 Å². The zero-order chi connectivity index (χ0) is 23.5. The Kier molecular flexibility index (Phi) is 6.76. The van der Waals surface area contributed by atoms with Crippen LogP contribution in [0.3, 0.4) is 0 Å².